The predicted molar refractivity (Wildman–Crippen MR) is 96.8 cm³/mol. The van der Waals surface area contributed by atoms with Crippen molar-refractivity contribution in [3.63, 3.8) is 0 Å². The lowest BCUT2D eigenvalue weighted by molar-refractivity contribution is -0.137. The fraction of sp³-hybridized carbons (Fsp3) is 0.350. The molecular weight excluding hydrogens is 357 g/mol. The molecule has 2 aromatic rings. The van der Waals surface area contributed by atoms with Crippen LogP contribution in [0.15, 0.2) is 48.5 Å². The van der Waals surface area contributed by atoms with Crippen LogP contribution in [0.25, 0.3) is 0 Å². The zero-order chi connectivity index (χ0) is 19.5. The SMILES string of the molecule is COc1ccccc1C1(CNC(=O)CNc2cccc(C(F)(F)F)c2)CC1. The van der Waals surface area contributed by atoms with E-state index >= 15 is 0 Å². The molecule has 0 atom stereocenters. The van der Waals surface area contributed by atoms with Crippen molar-refractivity contribution in [1.82, 2.24) is 5.32 Å². The number of rotatable bonds is 7. The van der Waals surface area contributed by atoms with Crippen molar-refractivity contribution in [2.45, 2.75) is 24.4 Å². The molecule has 0 radical (unpaired) electrons. The highest BCUT2D eigenvalue weighted by molar-refractivity contribution is 5.81. The number of nitrogens with one attached hydrogen (secondary N) is 2. The number of alkyl halides is 3. The highest BCUT2D eigenvalue weighted by atomic mass is 19.4. The number of para-hydroxylation sites is 1. The Labute approximate surface area is 155 Å². The van der Waals surface area contributed by atoms with Gasteiger partial charge in [-0.1, -0.05) is 24.3 Å². The third kappa shape index (κ3) is 4.53. The van der Waals surface area contributed by atoms with E-state index in [0.29, 0.717) is 6.54 Å². The van der Waals surface area contributed by atoms with Crippen LogP contribution in [-0.2, 0) is 16.4 Å². The number of amides is 1. The minimum Gasteiger partial charge on any atom is -0.496 e. The van der Waals surface area contributed by atoms with E-state index in [0.717, 1.165) is 36.3 Å². The fourth-order valence-electron chi connectivity index (χ4n) is 3.09. The minimum absolute atomic E-state index is 0.0939. The van der Waals surface area contributed by atoms with Crippen LogP contribution >= 0.6 is 0 Å². The van der Waals surface area contributed by atoms with Gasteiger partial charge in [-0.2, -0.15) is 13.2 Å². The fourth-order valence-corrected chi connectivity index (χ4v) is 3.09. The Morgan fingerprint density at radius 2 is 1.89 bits per heavy atom. The van der Waals surface area contributed by atoms with E-state index < -0.39 is 11.7 Å². The number of carbonyl (C=O) groups excluding carboxylic acids is 1. The maximum Gasteiger partial charge on any atom is 0.416 e. The zero-order valence-electron chi connectivity index (χ0n) is 14.9. The topological polar surface area (TPSA) is 50.4 Å². The monoisotopic (exact) mass is 378 g/mol. The molecule has 1 aliphatic carbocycles. The molecule has 1 amide bonds. The minimum atomic E-state index is -4.41. The first-order chi connectivity index (χ1) is 12.8. The van der Waals surface area contributed by atoms with Gasteiger partial charge in [0, 0.05) is 23.2 Å². The van der Waals surface area contributed by atoms with E-state index in [1.807, 2.05) is 24.3 Å². The summed E-state index contributed by atoms with van der Waals surface area (Å²) in [5, 5.41) is 5.61. The van der Waals surface area contributed by atoms with Crippen molar-refractivity contribution >= 4 is 11.6 Å². The molecule has 1 aliphatic rings. The molecule has 4 nitrogen and oxygen atoms in total. The Bertz CT molecular complexity index is 817. The number of ether oxygens (including phenoxy) is 1. The van der Waals surface area contributed by atoms with Crippen molar-refractivity contribution in [3.05, 3.63) is 59.7 Å². The lowest BCUT2D eigenvalue weighted by Gasteiger charge is -2.19. The normalized spacial score (nSPS) is 15.1. The van der Waals surface area contributed by atoms with Gasteiger partial charge in [-0.05, 0) is 37.1 Å². The van der Waals surface area contributed by atoms with E-state index in [1.165, 1.54) is 12.1 Å². The van der Waals surface area contributed by atoms with Gasteiger partial charge in [0.05, 0.1) is 19.2 Å². The van der Waals surface area contributed by atoms with E-state index in [1.54, 1.807) is 7.11 Å². The summed E-state index contributed by atoms with van der Waals surface area (Å²) in [6, 6.07) is 12.5. The van der Waals surface area contributed by atoms with Gasteiger partial charge in [0.15, 0.2) is 0 Å². The quantitative estimate of drug-likeness (QED) is 0.766. The van der Waals surface area contributed by atoms with Gasteiger partial charge >= 0.3 is 6.18 Å². The smallest absolute Gasteiger partial charge is 0.416 e. The average molecular weight is 378 g/mol. The second-order valence-electron chi connectivity index (χ2n) is 6.69. The van der Waals surface area contributed by atoms with Gasteiger partial charge in [-0.25, -0.2) is 0 Å². The van der Waals surface area contributed by atoms with Gasteiger partial charge in [0.1, 0.15) is 5.75 Å². The van der Waals surface area contributed by atoms with Crippen molar-refractivity contribution < 1.29 is 22.7 Å². The molecule has 144 valence electrons. The molecule has 0 bridgehead atoms. The van der Waals surface area contributed by atoms with Crippen LogP contribution in [0.2, 0.25) is 0 Å². The first kappa shape index (κ1) is 19.1. The predicted octanol–water partition coefficient (Wildman–Crippen LogP) is 3.97. The molecule has 1 fully saturated rings. The van der Waals surface area contributed by atoms with Crippen LogP contribution < -0.4 is 15.4 Å². The second-order valence-corrected chi connectivity index (χ2v) is 6.69. The Morgan fingerprint density at radius 1 is 1.15 bits per heavy atom. The van der Waals surface area contributed by atoms with Crippen LogP contribution in [-0.4, -0.2) is 26.1 Å². The number of methoxy groups -OCH3 is 1. The second kappa shape index (κ2) is 7.50. The summed E-state index contributed by atoms with van der Waals surface area (Å²) in [4.78, 5) is 12.1. The Kier molecular flexibility index (Phi) is 5.30. The maximum absolute atomic E-state index is 12.7. The number of hydrogen-bond acceptors (Lipinski definition) is 3. The molecule has 1 saturated carbocycles. The molecule has 0 heterocycles. The largest absolute Gasteiger partial charge is 0.496 e. The summed E-state index contributed by atoms with van der Waals surface area (Å²) in [6.45, 7) is 0.375. The van der Waals surface area contributed by atoms with Crippen LogP contribution in [0, 0.1) is 0 Å². The average Bonchev–Trinajstić information content (AvgIpc) is 3.45. The molecule has 0 spiro atoms. The maximum atomic E-state index is 12.7. The standard InChI is InChI=1S/C20H21F3N2O2/c1-27-17-8-3-2-7-16(17)19(9-10-19)13-25-18(26)12-24-15-6-4-5-14(11-15)20(21,22)23/h2-8,11,24H,9-10,12-13H2,1H3,(H,25,26). The molecule has 0 aliphatic heterocycles. The van der Waals surface area contributed by atoms with Crippen molar-refractivity contribution in [2.24, 2.45) is 0 Å². The highest BCUT2D eigenvalue weighted by Crippen LogP contribution is 2.50. The third-order valence-corrected chi connectivity index (χ3v) is 4.80. The van der Waals surface area contributed by atoms with Crippen molar-refractivity contribution in [3.8, 4) is 5.75 Å². The lowest BCUT2D eigenvalue weighted by atomic mass is 9.95. The number of benzene rings is 2. The van der Waals surface area contributed by atoms with E-state index in [-0.39, 0.29) is 23.6 Å². The van der Waals surface area contributed by atoms with Gasteiger partial charge in [0.2, 0.25) is 5.91 Å². The van der Waals surface area contributed by atoms with Gasteiger partial charge < -0.3 is 15.4 Å². The first-order valence-corrected chi connectivity index (χ1v) is 8.65. The summed E-state index contributed by atoms with van der Waals surface area (Å²) < 4.78 is 43.6. The van der Waals surface area contributed by atoms with Crippen molar-refractivity contribution in [2.75, 3.05) is 25.5 Å². The van der Waals surface area contributed by atoms with E-state index in [2.05, 4.69) is 10.6 Å². The zero-order valence-corrected chi connectivity index (χ0v) is 14.9. The number of anilines is 1. The number of carbonyl (C=O) groups is 1. The van der Waals surface area contributed by atoms with Crippen LogP contribution in [0.1, 0.15) is 24.0 Å². The van der Waals surface area contributed by atoms with Crippen molar-refractivity contribution in [1.29, 1.82) is 0 Å². The summed E-state index contributed by atoms with van der Waals surface area (Å²) >= 11 is 0. The van der Waals surface area contributed by atoms with Crippen LogP contribution in [0.5, 0.6) is 5.75 Å². The third-order valence-electron chi connectivity index (χ3n) is 4.80. The highest BCUT2D eigenvalue weighted by Gasteiger charge is 2.46. The molecule has 3 rings (SSSR count). The molecule has 0 unspecified atom stereocenters. The summed E-state index contributed by atoms with van der Waals surface area (Å²) in [6.07, 6.45) is -2.50. The molecule has 2 N–H and O–H groups in total. The number of halogens is 3. The van der Waals surface area contributed by atoms with E-state index in [9.17, 15) is 18.0 Å². The van der Waals surface area contributed by atoms with Gasteiger partial charge in [-0.3, -0.25) is 4.79 Å². The molecule has 27 heavy (non-hydrogen) atoms. The van der Waals surface area contributed by atoms with Gasteiger partial charge in [-0.15, -0.1) is 0 Å². The summed E-state index contributed by atoms with van der Waals surface area (Å²) in [7, 11) is 1.62. The van der Waals surface area contributed by atoms with Crippen LogP contribution in [0.3, 0.4) is 0 Å². The van der Waals surface area contributed by atoms with E-state index in [4.69, 9.17) is 4.74 Å². The summed E-state index contributed by atoms with van der Waals surface area (Å²) in [5.41, 5.74) is 0.448. The number of hydrogen-bond donors (Lipinski definition) is 2. The summed E-state index contributed by atoms with van der Waals surface area (Å²) in [5.74, 6) is 0.528. The van der Waals surface area contributed by atoms with Crippen LogP contribution in [0.4, 0.5) is 18.9 Å². The Balaban J connectivity index is 1.55. The Morgan fingerprint density at radius 3 is 2.56 bits per heavy atom. The Hall–Kier alpha value is -2.70. The molecular formula is C20H21F3N2O2. The van der Waals surface area contributed by atoms with Gasteiger partial charge in [0.25, 0.3) is 0 Å². The lowest BCUT2D eigenvalue weighted by Crippen LogP contribution is -2.36. The molecule has 2 aromatic carbocycles. The molecule has 7 heteroatoms. The molecule has 0 aromatic heterocycles. The molecule has 0 saturated heterocycles. The first-order valence-electron chi connectivity index (χ1n) is 8.65.